The van der Waals surface area contributed by atoms with Crippen molar-refractivity contribution < 1.29 is 14.0 Å². The summed E-state index contributed by atoms with van der Waals surface area (Å²) in [4.78, 5) is 23.6. The minimum absolute atomic E-state index is 0.186. The lowest BCUT2D eigenvalue weighted by Gasteiger charge is -2.09. The second kappa shape index (κ2) is 6.41. The number of halogens is 2. The Hall–Kier alpha value is -2.36. The number of rotatable bonds is 4. The Bertz CT molecular complexity index is 897. The van der Waals surface area contributed by atoms with Crippen molar-refractivity contribution in [1.82, 2.24) is 0 Å². The second-order valence-electron chi connectivity index (χ2n) is 4.82. The number of ketones is 1. The molecule has 0 unspecified atom stereocenters. The van der Waals surface area contributed by atoms with Gasteiger partial charge in [-0.3, -0.25) is 9.59 Å². The molecule has 114 valence electrons. The molecule has 2 aromatic carbocycles. The van der Waals surface area contributed by atoms with E-state index in [0.29, 0.717) is 38.8 Å². The van der Waals surface area contributed by atoms with Gasteiger partial charge in [-0.1, -0.05) is 35.3 Å². The Morgan fingerprint density at radius 3 is 2.43 bits per heavy atom. The Balaban J connectivity index is 2.15. The number of hydrogen-bond donors (Lipinski definition) is 0. The van der Waals surface area contributed by atoms with E-state index in [1.165, 1.54) is 0 Å². The van der Waals surface area contributed by atoms with Crippen LogP contribution in [0, 0.1) is 0 Å². The molecule has 0 aliphatic carbocycles. The average molecular weight is 345 g/mol. The molecule has 0 bridgehead atoms. The van der Waals surface area contributed by atoms with Gasteiger partial charge in [-0.2, -0.15) is 0 Å². The molecule has 0 atom stereocenters. The highest BCUT2D eigenvalue weighted by Gasteiger charge is 2.19. The Labute approximate surface area is 142 Å². The fourth-order valence-corrected chi connectivity index (χ4v) is 2.66. The largest absolute Gasteiger partial charge is 0.453 e. The molecule has 0 radical (unpaired) electrons. The number of furan rings is 1. The van der Waals surface area contributed by atoms with Gasteiger partial charge in [0.15, 0.2) is 17.8 Å². The van der Waals surface area contributed by atoms with E-state index < -0.39 is 0 Å². The van der Waals surface area contributed by atoms with Gasteiger partial charge in [0, 0.05) is 21.7 Å². The van der Waals surface area contributed by atoms with Gasteiger partial charge in [-0.05, 0) is 42.5 Å². The normalized spacial score (nSPS) is 10.5. The molecule has 0 N–H and O–H groups in total. The van der Waals surface area contributed by atoms with Gasteiger partial charge in [0.1, 0.15) is 5.76 Å². The van der Waals surface area contributed by atoms with E-state index >= 15 is 0 Å². The lowest BCUT2D eigenvalue weighted by molar-refractivity contribution is 0.103. The fourth-order valence-electron chi connectivity index (χ4n) is 2.27. The maximum absolute atomic E-state index is 12.8. The highest BCUT2D eigenvalue weighted by atomic mass is 35.5. The van der Waals surface area contributed by atoms with Crippen molar-refractivity contribution in [3.8, 4) is 11.3 Å². The van der Waals surface area contributed by atoms with E-state index in [4.69, 9.17) is 27.6 Å². The van der Waals surface area contributed by atoms with Crippen LogP contribution in [0.1, 0.15) is 26.5 Å². The summed E-state index contributed by atoms with van der Waals surface area (Å²) in [6.45, 7) is 0. The zero-order valence-corrected chi connectivity index (χ0v) is 13.3. The Kier molecular flexibility index (Phi) is 4.33. The third kappa shape index (κ3) is 3.07. The van der Waals surface area contributed by atoms with Crippen molar-refractivity contribution >= 4 is 35.3 Å². The first-order chi connectivity index (χ1) is 11.1. The average Bonchev–Trinajstić information content (AvgIpc) is 3.03. The molecule has 0 amide bonds. The predicted molar refractivity (Wildman–Crippen MR) is 89.4 cm³/mol. The third-order valence-electron chi connectivity index (χ3n) is 3.35. The molecule has 1 aromatic heterocycles. The van der Waals surface area contributed by atoms with Crippen molar-refractivity contribution in [2.45, 2.75) is 0 Å². The van der Waals surface area contributed by atoms with Crippen LogP contribution in [0.25, 0.3) is 11.3 Å². The molecule has 3 rings (SSSR count). The van der Waals surface area contributed by atoms with Crippen LogP contribution < -0.4 is 0 Å². The number of carbonyl (C=O) groups is 2. The second-order valence-corrected chi connectivity index (χ2v) is 5.66. The Morgan fingerprint density at radius 1 is 0.957 bits per heavy atom. The molecule has 0 saturated heterocycles. The highest BCUT2D eigenvalue weighted by Crippen LogP contribution is 2.31. The topological polar surface area (TPSA) is 47.3 Å². The first kappa shape index (κ1) is 15.5. The van der Waals surface area contributed by atoms with Gasteiger partial charge in [0.05, 0.1) is 5.02 Å². The van der Waals surface area contributed by atoms with Gasteiger partial charge in [-0.25, -0.2) is 0 Å². The summed E-state index contributed by atoms with van der Waals surface area (Å²) in [6, 6.07) is 14.9. The van der Waals surface area contributed by atoms with Gasteiger partial charge in [-0.15, -0.1) is 0 Å². The van der Waals surface area contributed by atoms with E-state index in [9.17, 15) is 9.59 Å². The third-order valence-corrected chi connectivity index (χ3v) is 3.92. The standard InChI is InChI=1S/C18H10Cl2O3/c19-11-5-7-13(17-8-6-12(10-21)23-17)15(9-11)18(22)14-3-1-2-4-16(14)20/h1-10H. The molecule has 0 aliphatic heterocycles. The van der Waals surface area contributed by atoms with E-state index in [2.05, 4.69) is 0 Å². The van der Waals surface area contributed by atoms with Crippen LogP contribution in [0.15, 0.2) is 59.0 Å². The lowest BCUT2D eigenvalue weighted by atomic mass is 9.97. The lowest BCUT2D eigenvalue weighted by Crippen LogP contribution is -2.04. The number of aldehydes is 1. The van der Waals surface area contributed by atoms with E-state index in [1.54, 1.807) is 54.6 Å². The minimum atomic E-state index is -0.267. The minimum Gasteiger partial charge on any atom is -0.453 e. The molecular formula is C18H10Cl2O3. The first-order valence-electron chi connectivity index (χ1n) is 6.74. The maximum Gasteiger partial charge on any atom is 0.195 e. The molecule has 0 aliphatic rings. The van der Waals surface area contributed by atoms with Crippen LogP contribution in [-0.4, -0.2) is 12.1 Å². The summed E-state index contributed by atoms with van der Waals surface area (Å²) in [5.74, 6) is 0.336. The van der Waals surface area contributed by atoms with E-state index in [1.807, 2.05) is 0 Å². The molecule has 0 saturated carbocycles. The number of benzene rings is 2. The number of hydrogen-bond acceptors (Lipinski definition) is 3. The van der Waals surface area contributed by atoms with Gasteiger partial charge >= 0.3 is 0 Å². The van der Waals surface area contributed by atoms with Gasteiger partial charge < -0.3 is 4.42 Å². The molecule has 5 heteroatoms. The summed E-state index contributed by atoms with van der Waals surface area (Å²) in [5.41, 5.74) is 1.28. The number of carbonyl (C=O) groups excluding carboxylic acids is 2. The molecule has 3 aromatic rings. The molecule has 0 fully saturated rings. The van der Waals surface area contributed by atoms with Crippen LogP contribution in [0.4, 0.5) is 0 Å². The Morgan fingerprint density at radius 2 is 1.74 bits per heavy atom. The molecule has 3 nitrogen and oxygen atoms in total. The van der Waals surface area contributed by atoms with Crippen molar-refractivity contribution in [2.24, 2.45) is 0 Å². The monoisotopic (exact) mass is 344 g/mol. The summed E-state index contributed by atoms with van der Waals surface area (Å²) in [6.07, 6.45) is 0.606. The molecule has 23 heavy (non-hydrogen) atoms. The zero-order chi connectivity index (χ0) is 16.4. The highest BCUT2D eigenvalue weighted by molar-refractivity contribution is 6.35. The summed E-state index contributed by atoms with van der Waals surface area (Å²) < 4.78 is 5.42. The predicted octanol–water partition coefficient (Wildman–Crippen LogP) is 5.30. The van der Waals surface area contributed by atoms with Crippen molar-refractivity contribution in [2.75, 3.05) is 0 Å². The first-order valence-corrected chi connectivity index (χ1v) is 7.50. The fraction of sp³-hybridized carbons (Fsp3) is 0. The zero-order valence-electron chi connectivity index (χ0n) is 11.8. The van der Waals surface area contributed by atoms with Crippen molar-refractivity contribution in [3.63, 3.8) is 0 Å². The summed E-state index contributed by atoms with van der Waals surface area (Å²) in [7, 11) is 0. The van der Waals surface area contributed by atoms with Crippen LogP contribution in [0.2, 0.25) is 10.0 Å². The van der Waals surface area contributed by atoms with E-state index in [0.717, 1.165) is 0 Å². The summed E-state index contributed by atoms with van der Waals surface area (Å²) >= 11 is 12.1. The van der Waals surface area contributed by atoms with Crippen LogP contribution >= 0.6 is 23.2 Å². The maximum atomic E-state index is 12.8. The molecule has 1 heterocycles. The van der Waals surface area contributed by atoms with E-state index in [-0.39, 0.29) is 11.5 Å². The van der Waals surface area contributed by atoms with Crippen molar-refractivity contribution in [1.29, 1.82) is 0 Å². The van der Waals surface area contributed by atoms with Crippen molar-refractivity contribution in [3.05, 3.63) is 81.5 Å². The SMILES string of the molecule is O=Cc1ccc(-c2ccc(Cl)cc2C(=O)c2ccccc2Cl)o1. The smallest absolute Gasteiger partial charge is 0.195 e. The van der Waals surface area contributed by atoms with Gasteiger partial charge in [0.25, 0.3) is 0 Å². The summed E-state index contributed by atoms with van der Waals surface area (Å²) in [5, 5.41) is 0.780. The van der Waals surface area contributed by atoms with Gasteiger partial charge in [0.2, 0.25) is 0 Å². The van der Waals surface area contributed by atoms with Crippen LogP contribution in [-0.2, 0) is 0 Å². The van der Waals surface area contributed by atoms with Crippen LogP contribution in [0.5, 0.6) is 0 Å². The molecule has 0 spiro atoms. The van der Waals surface area contributed by atoms with Crippen LogP contribution in [0.3, 0.4) is 0 Å². The quantitative estimate of drug-likeness (QED) is 0.476. The molecular weight excluding hydrogens is 335 g/mol.